The zero-order valence-corrected chi connectivity index (χ0v) is 20.4. The van der Waals surface area contributed by atoms with E-state index in [2.05, 4.69) is 0 Å². The zero-order valence-electron chi connectivity index (χ0n) is 20.4. The van der Waals surface area contributed by atoms with Crippen LogP contribution in [-0.2, 0) is 16.1 Å². The molecule has 0 radical (unpaired) electrons. The molecule has 2 aromatic carbocycles. The first-order chi connectivity index (χ1) is 16.9. The Kier molecular flexibility index (Phi) is 8.71. The summed E-state index contributed by atoms with van der Waals surface area (Å²) in [5.41, 5.74) is 0.997. The van der Waals surface area contributed by atoms with Crippen LogP contribution in [-0.4, -0.2) is 25.9 Å². The van der Waals surface area contributed by atoms with Crippen LogP contribution in [0.5, 0.6) is 5.75 Å². The summed E-state index contributed by atoms with van der Waals surface area (Å²) in [7, 11) is 1.69. The minimum atomic E-state index is -0.949. The Morgan fingerprint density at radius 1 is 0.686 bits per heavy atom. The number of ether oxygens (including phenoxy) is 3. The van der Waals surface area contributed by atoms with E-state index in [-0.39, 0.29) is 48.6 Å². The number of hydrogen-bond donors (Lipinski definition) is 0. The van der Waals surface area contributed by atoms with Crippen LogP contribution in [0.15, 0.2) is 24.3 Å². The lowest BCUT2D eigenvalue weighted by molar-refractivity contribution is 0.0116. The molecule has 2 aliphatic carbocycles. The summed E-state index contributed by atoms with van der Waals surface area (Å²) in [6.07, 6.45) is 5.89. The molecule has 0 spiro atoms. The Labute approximate surface area is 204 Å². The van der Waals surface area contributed by atoms with Gasteiger partial charge in [0.1, 0.15) is 0 Å². The average molecular weight is 495 g/mol. The van der Waals surface area contributed by atoms with E-state index in [4.69, 9.17) is 14.2 Å². The predicted molar refractivity (Wildman–Crippen MR) is 126 cm³/mol. The van der Waals surface area contributed by atoms with Gasteiger partial charge in [-0.05, 0) is 87.3 Å². The van der Waals surface area contributed by atoms with E-state index in [0.29, 0.717) is 36.8 Å². The summed E-state index contributed by atoms with van der Waals surface area (Å²) >= 11 is 0. The number of hydrogen-bond acceptors (Lipinski definition) is 3. The van der Waals surface area contributed by atoms with Crippen molar-refractivity contribution in [3.05, 3.63) is 64.2 Å². The van der Waals surface area contributed by atoms with Gasteiger partial charge in [0.15, 0.2) is 23.2 Å². The summed E-state index contributed by atoms with van der Waals surface area (Å²) in [6, 6.07) is 6.38. The molecule has 0 heterocycles. The van der Waals surface area contributed by atoms with Crippen LogP contribution in [0.3, 0.4) is 0 Å². The van der Waals surface area contributed by atoms with Crippen LogP contribution >= 0.6 is 0 Å². The van der Waals surface area contributed by atoms with Crippen molar-refractivity contribution in [1.82, 2.24) is 0 Å². The fourth-order valence-electron chi connectivity index (χ4n) is 5.52. The molecule has 0 unspecified atom stereocenters. The first-order valence-electron chi connectivity index (χ1n) is 12.6. The van der Waals surface area contributed by atoms with Crippen LogP contribution < -0.4 is 4.74 Å². The summed E-state index contributed by atoms with van der Waals surface area (Å²) in [4.78, 5) is 0. The highest BCUT2D eigenvalue weighted by Gasteiger charge is 2.29. The Morgan fingerprint density at radius 3 is 1.80 bits per heavy atom. The van der Waals surface area contributed by atoms with Gasteiger partial charge in [0.2, 0.25) is 5.82 Å². The molecular formula is C28H34F4O3. The quantitative estimate of drug-likeness (QED) is 0.355. The van der Waals surface area contributed by atoms with E-state index >= 15 is 0 Å². The molecule has 0 bridgehead atoms. The third-order valence-electron chi connectivity index (χ3n) is 7.60. The van der Waals surface area contributed by atoms with Crippen molar-refractivity contribution in [2.24, 2.45) is 0 Å². The minimum Gasteiger partial charge on any atom is -0.491 e. The number of halogens is 4. The van der Waals surface area contributed by atoms with Crippen molar-refractivity contribution in [2.45, 2.75) is 88.9 Å². The smallest absolute Gasteiger partial charge is 0.200 e. The first kappa shape index (κ1) is 26.0. The fraction of sp³-hybridized carbons (Fsp3) is 0.571. The Balaban J connectivity index is 1.31. The molecular weight excluding hydrogens is 460 g/mol. The Bertz CT molecular complexity index is 996. The van der Waals surface area contributed by atoms with Crippen LogP contribution in [0.25, 0.3) is 0 Å². The summed E-state index contributed by atoms with van der Waals surface area (Å²) in [5.74, 6) is -3.59. The van der Waals surface area contributed by atoms with Crippen LogP contribution in [0, 0.1) is 23.3 Å². The lowest BCUT2D eigenvalue weighted by Gasteiger charge is -2.29. The molecule has 2 fully saturated rings. The van der Waals surface area contributed by atoms with Gasteiger partial charge < -0.3 is 14.2 Å². The number of benzene rings is 2. The van der Waals surface area contributed by atoms with Crippen LogP contribution in [0.1, 0.15) is 86.8 Å². The number of methoxy groups -OCH3 is 1. The molecule has 0 N–H and O–H groups in total. The van der Waals surface area contributed by atoms with E-state index in [1.165, 1.54) is 6.07 Å². The maximum atomic E-state index is 14.8. The molecule has 3 nitrogen and oxygen atoms in total. The Hall–Kier alpha value is -2.12. The highest BCUT2D eigenvalue weighted by atomic mass is 19.2. The van der Waals surface area contributed by atoms with Crippen molar-refractivity contribution in [2.75, 3.05) is 13.7 Å². The fourth-order valence-corrected chi connectivity index (χ4v) is 5.52. The first-order valence-corrected chi connectivity index (χ1v) is 12.6. The van der Waals surface area contributed by atoms with E-state index in [1.54, 1.807) is 32.2 Å². The second-order valence-corrected chi connectivity index (χ2v) is 9.65. The monoisotopic (exact) mass is 494 g/mol. The summed E-state index contributed by atoms with van der Waals surface area (Å²) in [6.45, 7) is 1.97. The van der Waals surface area contributed by atoms with Gasteiger partial charge in [0, 0.05) is 12.7 Å². The lowest BCUT2D eigenvalue weighted by atomic mass is 9.82. The van der Waals surface area contributed by atoms with Crippen molar-refractivity contribution >= 4 is 0 Å². The zero-order chi connectivity index (χ0) is 24.9. The van der Waals surface area contributed by atoms with Gasteiger partial charge in [-0.3, -0.25) is 0 Å². The van der Waals surface area contributed by atoms with Gasteiger partial charge in [0.05, 0.1) is 25.4 Å². The molecule has 0 saturated heterocycles. The normalized spacial score (nSPS) is 25.0. The molecule has 192 valence electrons. The SMILES string of the molecule is CCOc1ccc(C2CCC(OCc3ccc(C4CCC(OC)CC4)c(F)c3F)CC2)c(F)c1F. The molecule has 0 aliphatic heterocycles. The van der Waals surface area contributed by atoms with Crippen molar-refractivity contribution in [3.63, 3.8) is 0 Å². The molecule has 4 rings (SSSR count). The van der Waals surface area contributed by atoms with E-state index in [9.17, 15) is 17.6 Å². The molecule has 7 heteroatoms. The predicted octanol–water partition coefficient (Wildman–Crippen LogP) is 7.56. The Morgan fingerprint density at radius 2 is 1.23 bits per heavy atom. The van der Waals surface area contributed by atoms with Gasteiger partial charge >= 0.3 is 0 Å². The van der Waals surface area contributed by atoms with Gasteiger partial charge in [0.25, 0.3) is 0 Å². The van der Waals surface area contributed by atoms with E-state index in [1.807, 2.05) is 0 Å². The van der Waals surface area contributed by atoms with Gasteiger partial charge in [-0.1, -0.05) is 18.2 Å². The molecule has 35 heavy (non-hydrogen) atoms. The molecule has 0 atom stereocenters. The second-order valence-electron chi connectivity index (χ2n) is 9.65. The molecule has 0 amide bonds. The summed E-state index contributed by atoms with van der Waals surface area (Å²) in [5, 5.41) is 0. The maximum absolute atomic E-state index is 14.8. The topological polar surface area (TPSA) is 27.7 Å². The number of rotatable bonds is 8. The molecule has 2 aliphatic rings. The lowest BCUT2D eigenvalue weighted by Crippen LogP contribution is -2.22. The van der Waals surface area contributed by atoms with Crippen LogP contribution in [0.4, 0.5) is 17.6 Å². The molecule has 2 aromatic rings. The summed E-state index contributed by atoms with van der Waals surface area (Å²) < 4.78 is 74.8. The van der Waals surface area contributed by atoms with Gasteiger partial charge in [-0.15, -0.1) is 0 Å². The largest absolute Gasteiger partial charge is 0.491 e. The maximum Gasteiger partial charge on any atom is 0.200 e. The molecule has 2 saturated carbocycles. The van der Waals surface area contributed by atoms with Crippen LogP contribution in [0.2, 0.25) is 0 Å². The van der Waals surface area contributed by atoms with Crippen molar-refractivity contribution < 1.29 is 31.8 Å². The third-order valence-corrected chi connectivity index (χ3v) is 7.60. The highest BCUT2D eigenvalue weighted by Crippen LogP contribution is 2.39. The second kappa shape index (κ2) is 11.7. The third kappa shape index (κ3) is 5.83. The minimum absolute atomic E-state index is 0.00831. The highest BCUT2D eigenvalue weighted by molar-refractivity contribution is 5.33. The molecule has 0 aromatic heterocycles. The van der Waals surface area contributed by atoms with E-state index in [0.717, 1.165) is 25.7 Å². The van der Waals surface area contributed by atoms with Crippen molar-refractivity contribution in [1.29, 1.82) is 0 Å². The van der Waals surface area contributed by atoms with Gasteiger partial charge in [-0.25, -0.2) is 13.2 Å². The van der Waals surface area contributed by atoms with Gasteiger partial charge in [-0.2, -0.15) is 4.39 Å². The van der Waals surface area contributed by atoms with Crippen molar-refractivity contribution in [3.8, 4) is 5.75 Å². The van der Waals surface area contributed by atoms with E-state index < -0.39 is 23.3 Å². The average Bonchev–Trinajstić information content (AvgIpc) is 2.88. The standard InChI is InChI=1S/C28H34F4O3/c1-3-34-24-15-14-23(27(31)28(24)32)18-6-11-21(12-7-18)35-16-19-8-13-22(26(30)25(19)29)17-4-9-20(33-2)10-5-17/h8,13-15,17-18,20-21H,3-7,9-12,16H2,1-2H3.